The van der Waals surface area contributed by atoms with E-state index in [1.54, 1.807) is 0 Å². The fraction of sp³-hybridized carbons (Fsp3) is 0.857. The van der Waals surface area contributed by atoms with Crippen LogP contribution < -0.4 is 0 Å². The minimum Gasteiger partial charge on any atom is -0.350 e. The summed E-state index contributed by atoms with van der Waals surface area (Å²) in [5, 5.41) is 0. The molecule has 1 heterocycles. The van der Waals surface area contributed by atoms with E-state index >= 15 is 0 Å². The van der Waals surface area contributed by atoms with Gasteiger partial charge in [-0.15, -0.1) is 0 Å². The lowest BCUT2D eigenvalue weighted by Gasteiger charge is -2.26. The molecule has 0 bridgehead atoms. The van der Waals surface area contributed by atoms with E-state index in [1.807, 2.05) is 0 Å². The molecule has 0 aromatic rings. The number of hydrogen-bond acceptors (Lipinski definition) is 4. The van der Waals surface area contributed by atoms with Crippen LogP contribution in [0.25, 0.3) is 0 Å². The van der Waals surface area contributed by atoms with Crippen molar-refractivity contribution >= 4 is 6.29 Å². The smallest absolute Gasteiger partial charge is 0.217 e. The fourth-order valence-electron chi connectivity index (χ4n) is 0.907. The molecule has 12 heavy (non-hydrogen) atoms. The minimum atomic E-state index is -0.858. The van der Waals surface area contributed by atoms with Gasteiger partial charge in [-0.3, -0.25) is 4.79 Å². The van der Waals surface area contributed by atoms with Gasteiger partial charge >= 0.3 is 0 Å². The molecule has 2 unspecified atom stereocenters. The molecular formula is C7H11FO4. The van der Waals surface area contributed by atoms with Gasteiger partial charge < -0.3 is 14.2 Å². The van der Waals surface area contributed by atoms with Crippen LogP contribution in [-0.4, -0.2) is 38.8 Å². The predicted molar refractivity (Wildman–Crippen MR) is 37.2 cm³/mol. The number of rotatable bonds is 4. The van der Waals surface area contributed by atoms with Crippen molar-refractivity contribution in [3.63, 3.8) is 0 Å². The summed E-state index contributed by atoms with van der Waals surface area (Å²) >= 11 is 0. The minimum absolute atomic E-state index is 0.00373. The van der Waals surface area contributed by atoms with Crippen LogP contribution in [0.5, 0.6) is 0 Å². The van der Waals surface area contributed by atoms with Crippen LogP contribution in [0.3, 0.4) is 0 Å². The predicted octanol–water partition coefficient (Wildman–Crippen LogP) is 0.260. The van der Waals surface area contributed by atoms with Crippen molar-refractivity contribution in [2.24, 2.45) is 0 Å². The molecule has 1 aliphatic rings. The molecule has 0 N–H and O–H groups in total. The average Bonchev–Trinajstić information content (AvgIpc) is 2.15. The Morgan fingerprint density at radius 1 is 1.67 bits per heavy atom. The summed E-state index contributed by atoms with van der Waals surface area (Å²) in [6.45, 7) is -0.150. The van der Waals surface area contributed by atoms with Crippen LogP contribution in [-0.2, 0) is 19.0 Å². The summed E-state index contributed by atoms with van der Waals surface area (Å²) in [5.74, 6) is 0. The monoisotopic (exact) mass is 178 g/mol. The number of carbonyl (C=O) groups excluding carboxylic acids is 1. The maximum atomic E-state index is 11.6. The Hall–Kier alpha value is -0.520. The Morgan fingerprint density at radius 3 is 3.17 bits per heavy atom. The van der Waals surface area contributed by atoms with Gasteiger partial charge in [0.15, 0.2) is 12.6 Å². The highest BCUT2D eigenvalue weighted by Gasteiger charge is 2.22. The molecule has 1 rings (SSSR count). The van der Waals surface area contributed by atoms with Gasteiger partial charge in [0.25, 0.3) is 0 Å². The van der Waals surface area contributed by atoms with Crippen LogP contribution in [0.1, 0.15) is 6.42 Å². The Bertz CT molecular complexity index is 141. The standard InChI is InChI=1S/C7H11FO4/c8-2-4-11-6-1-3-10-7(5-9)12-6/h5-7H,1-4H2. The third-order valence-electron chi connectivity index (χ3n) is 1.41. The second-order valence-corrected chi connectivity index (χ2v) is 2.29. The highest BCUT2D eigenvalue weighted by molar-refractivity contribution is 5.53. The van der Waals surface area contributed by atoms with Gasteiger partial charge in [-0.1, -0.05) is 0 Å². The van der Waals surface area contributed by atoms with Crippen molar-refractivity contribution in [3.05, 3.63) is 0 Å². The number of carbonyl (C=O) groups is 1. The molecule has 1 aliphatic heterocycles. The fourth-order valence-corrected chi connectivity index (χ4v) is 0.907. The van der Waals surface area contributed by atoms with Crippen molar-refractivity contribution in [3.8, 4) is 0 Å². The van der Waals surface area contributed by atoms with E-state index in [9.17, 15) is 9.18 Å². The van der Waals surface area contributed by atoms with Crippen LogP contribution in [0.4, 0.5) is 4.39 Å². The number of aldehydes is 1. The second kappa shape index (κ2) is 5.18. The van der Waals surface area contributed by atoms with Crippen LogP contribution in [0.15, 0.2) is 0 Å². The maximum absolute atomic E-state index is 11.6. The van der Waals surface area contributed by atoms with E-state index in [1.165, 1.54) is 0 Å². The van der Waals surface area contributed by atoms with Gasteiger partial charge in [0.1, 0.15) is 6.67 Å². The molecule has 2 atom stereocenters. The third kappa shape index (κ3) is 2.84. The summed E-state index contributed by atoms with van der Waals surface area (Å²) in [6.07, 6.45) is -0.289. The Morgan fingerprint density at radius 2 is 2.50 bits per heavy atom. The molecule has 5 heteroatoms. The van der Waals surface area contributed by atoms with Gasteiger partial charge in [0, 0.05) is 6.42 Å². The van der Waals surface area contributed by atoms with E-state index in [0.717, 1.165) is 0 Å². The first-order valence-electron chi connectivity index (χ1n) is 3.76. The van der Waals surface area contributed by atoms with Crippen LogP contribution in [0, 0.1) is 0 Å². The number of halogens is 1. The van der Waals surface area contributed by atoms with Crippen molar-refractivity contribution in [2.45, 2.75) is 19.0 Å². The van der Waals surface area contributed by atoms with Gasteiger partial charge in [-0.25, -0.2) is 4.39 Å². The number of ether oxygens (including phenoxy) is 3. The molecule has 0 spiro atoms. The first-order chi connectivity index (χ1) is 5.86. The molecule has 1 saturated heterocycles. The van der Waals surface area contributed by atoms with E-state index in [2.05, 4.69) is 0 Å². The molecule has 1 fully saturated rings. The molecular weight excluding hydrogens is 167 g/mol. The first kappa shape index (κ1) is 9.57. The molecule has 0 radical (unpaired) electrons. The van der Waals surface area contributed by atoms with E-state index in [4.69, 9.17) is 14.2 Å². The Balaban J connectivity index is 2.20. The SMILES string of the molecule is O=CC1OCCC(OCCF)O1. The lowest BCUT2D eigenvalue weighted by Crippen LogP contribution is -2.35. The van der Waals surface area contributed by atoms with Gasteiger partial charge in [-0.05, 0) is 0 Å². The van der Waals surface area contributed by atoms with E-state index in [0.29, 0.717) is 19.3 Å². The van der Waals surface area contributed by atoms with Gasteiger partial charge in [-0.2, -0.15) is 0 Å². The summed E-state index contributed by atoms with van der Waals surface area (Å²) in [6, 6.07) is 0. The second-order valence-electron chi connectivity index (χ2n) is 2.29. The van der Waals surface area contributed by atoms with Gasteiger partial charge in [0.2, 0.25) is 6.29 Å². The molecule has 0 saturated carbocycles. The quantitative estimate of drug-likeness (QED) is 0.579. The average molecular weight is 178 g/mol. The molecule has 70 valence electrons. The van der Waals surface area contributed by atoms with Crippen LogP contribution >= 0.6 is 0 Å². The summed E-state index contributed by atoms with van der Waals surface area (Å²) in [7, 11) is 0. The lowest BCUT2D eigenvalue weighted by molar-refractivity contribution is -0.270. The summed E-state index contributed by atoms with van der Waals surface area (Å²) < 4.78 is 26.4. The van der Waals surface area contributed by atoms with E-state index < -0.39 is 19.3 Å². The van der Waals surface area contributed by atoms with Crippen molar-refractivity contribution in [1.82, 2.24) is 0 Å². The van der Waals surface area contributed by atoms with Crippen molar-refractivity contribution < 1.29 is 23.4 Å². The molecule has 0 aromatic carbocycles. The Labute approximate surface area is 69.6 Å². The number of alkyl halides is 1. The highest BCUT2D eigenvalue weighted by Crippen LogP contribution is 2.11. The zero-order valence-corrected chi connectivity index (χ0v) is 6.57. The molecule has 0 aromatic heterocycles. The van der Waals surface area contributed by atoms with Crippen LogP contribution in [0.2, 0.25) is 0 Å². The van der Waals surface area contributed by atoms with E-state index in [-0.39, 0.29) is 6.61 Å². The maximum Gasteiger partial charge on any atom is 0.217 e. The number of hydrogen-bond donors (Lipinski definition) is 0. The topological polar surface area (TPSA) is 44.8 Å². The highest BCUT2D eigenvalue weighted by atomic mass is 19.1. The zero-order chi connectivity index (χ0) is 8.81. The molecule has 4 nitrogen and oxygen atoms in total. The normalized spacial score (nSPS) is 30.1. The van der Waals surface area contributed by atoms with Crippen molar-refractivity contribution in [1.29, 1.82) is 0 Å². The Kier molecular flexibility index (Phi) is 4.13. The molecule has 0 aliphatic carbocycles. The first-order valence-corrected chi connectivity index (χ1v) is 3.76. The van der Waals surface area contributed by atoms with Gasteiger partial charge in [0.05, 0.1) is 13.2 Å². The van der Waals surface area contributed by atoms with Crippen molar-refractivity contribution in [2.75, 3.05) is 19.9 Å². The zero-order valence-electron chi connectivity index (χ0n) is 6.57. The summed E-state index contributed by atoms with van der Waals surface area (Å²) in [4.78, 5) is 10.2. The largest absolute Gasteiger partial charge is 0.350 e. The summed E-state index contributed by atoms with van der Waals surface area (Å²) in [5.41, 5.74) is 0. The molecule has 0 amide bonds. The lowest BCUT2D eigenvalue weighted by atomic mass is 10.4. The third-order valence-corrected chi connectivity index (χ3v) is 1.41.